The Bertz CT molecular complexity index is 687. The quantitative estimate of drug-likeness (QED) is 0.939. The monoisotopic (exact) mass is 300 g/mol. The summed E-state index contributed by atoms with van der Waals surface area (Å²) in [6, 6.07) is 7.19. The lowest BCUT2D eigenvalue weighted by molar-refractivity contribution is 0.0827. The number of amides is 1. The minimum Gasteiger partial charge on any atom is -0.345 e. The lowest BCUT2D eigenvalue weighted by atomic mass is 9.98. The lowest BCUT2D eigenvalue weighted by Crippen LogP contribution is -2.34. The SMILES string of the molecule is CN(C)C(=O)c1cccc(-c2nc(C3(N)CCCC3)no2)c1. The Labute approximate surface area is 129 Å². The van der Waals surface area contributed by atoms with Crippen LogP contribution in [-0.2, 0) is 5.54 Å². The van der Waals surface area contributed by atoms with Crippen molar-refractivity contribution in [1.82, 2.24) is 15.0 Å². The van der Waals surface area contributed by atoms with E-state index in [0.29, 0.717) is 17.3 Å². The first-order valence-corrected chi connectivity index (χ1v) is 7.45. The van der Waals surface area contributed by atoms with Gasteiger partial charge in [-0.3, -0.25) is 4.79 Å². The van der Waals surface area contributed by atoms with E-state index >= 15 is 0 Å². The van der Waals surface area contributed by atoms with E-state index in [0.717, 1.165) is 31.2 Å². The summed E-state index contributed by atoms with van der Waals surface area (Å²) in [6.45, 7) is 0. The molecule has 3 rings (SSSR count). The standard InChI is InChI=1S/C16H20N4O2/c1-20(2)14(21)12-7-5-6-11(10-12)13-18-15(19-22-13)16(17)8-3-4-9-16/h5-7,10H,3-4,8-9,17H2,1-2H3. The minimum absolute atomic E-state index is 0.0623. The minimum atomic E-state index is -0.473. The third kappa shape index (κ3) is 2.62. The van der Waals surface area contributed by atoms with E-state index in [4.69, 9.17) is 10.3 Å². The Balaban J connectivity index is 1.90. The second-order valence-corrected chi connectivity index (χ2v) is 6.07. The summed E-state index contributed by atoms with van der Waals surface area (Å²) in [4.78, 5) is 18.0. The zero-order chi connectivity index (χ0) is 15.7. The van der Waals surface area contributed by atoms with Gasteiger partial charge in [-0.25, -0.2) is 0 Å². The molecule has 0 bridgehead atoms. The number of benzene rings is 1. The number of aromatic nitrogens is 2. The fraction of sp³-hybridized carbons (Fsp3) is 0.438. The van der Waals surface area contributed by atoms with Crippen molar-refractivity contribution in [1.29, 1.82) is 0 Å². The van der Waals surface area contributed by atoms with Gasteiger partial charge in [0.25, 0.3) is 11.8 Å². The average molecular weight is 300 g/mol. The fourth-order valence-electron chi connectivity index (χ4n) is 2.82. The molecule has 1 heterocycles. The number of nitrogens with two attached hydrogens (primary N) is 1. The number of rotatable bonds is 3. The van der Waals surface area contributed by atoms with Crippen molar-refractivity contribution >= 4 is 5.91 Å². The summed E-state index contributed by atoms with van der Waals surface area (Å²) in [5, 5.41) is 4.05. The van der Waals surface area contributed by atoms with Gasteiger partial charge in [0.05, 0.1) is 5.54 Å². The molecule has 6 heteroatoms. The molecular formula is C16H20N4O2. The highest BCUT2D eigenvalue weighted by Gasteiger charge is 2.36. The molecule has 1 saturated carbocycles. The predicted octanol–water partition coefficient (Wildman–Crippen LogP) is 2.17. The third-order valence-electron chi connectivity index (χ3n) is 4.13. The van der Waals surface area contributed by atoms with Gasteiger partial charge in [0.1, 0.15) is 0 Å². The Morgan fingerprint density at radius 2 is 2.05 bits per heavy atom. The van der Waals surface area contributed by atoms with Crippen LogP contribution in [0.5, 0.6) is 0 Å². The smallest absolute Gasteiger partial charge is 0.258 e. The Morgan fingerprint density at radius 3 is 2.73 bits per heavy atom. The zero-order valence-corrected chi connectivity index (χ0v) is 12.9. The van der Waals surface area contributed by atoms with Crippen LogP contribution in [0.15, 0.2) is 28.8 Å². The van der Waals surface area contributed by atoms with Gasteiger partial charge in [0.15, 0.2) is 5.82 Å². The highest BCUT2D eigenvalue weighted by Crippen LogP contribution is 2.35. The maximum Gasteiger partial charge on any atom is 0.258 e. The Hall–Kier alpha value is -2.21. The van der Waals surface area contributed by atoms with Crippen LogP contribution in [0.4, 0.5) is 0 Å². The molecule has 22 heavy (non-hydrogen) atoms. The molecule has 1 amide bonds. The van der Waals surface area contributed by atoms with Crippen LogP contribution in [0, 0.1) is 0 Å². The molecule has 2 aromatic rings. The van der Waals surface area contributed by atoms with Crippen LogP contribution in [0.25, 0.3) is 11.5 Å². The summed E-state index contributed by atoms with van der Waals surface area (Å²) < 4.78 is 5.36. The molecule has 1 aliphatic carbocycles. The van der Waals surface area contributed by atoms with Gasteiger partial charge in [-0.1, -0.05) is 24.1 Å². The van der Waals surface area contributed by atoms with Crippen molar-refractivity contribution in [2.24, 2.45) is 5.73 Å². The van der Waals surface area contributed by atoms with Gasteiger partial charge in [0.2, 0.25) is 0 Å². The topological polar surface area (TPSA) is 85.2 Å². The first-order valence-electron chi connectivity index (χ1n) is 7.45. The van der Waals surface area contributed by atoms with Gasteiger partial charge in [-0.05, 0) is 31.0 Å². The van der Waals surface area contributed by atoms with Crippen LogP contribution >= 0.6 is 0 Å². The molecule has 1 aromatic heterocycles. The van der Waals surface area contributed by atoms with E-state index in [-0.39, 0.29) is 5.91 Å². The summed E-state index contributed by atoms with van der Waals surface area (Å²) in [5.74, 6) is 0.900. The number of carbonyl (C=O) groups excluding carboxylic acids is 1. The van der Waals surface area contributed by atoms with Crippen LogP contribution in [0.3, 0.4) is 0 Å². The summed E-state index contributed by atoms with van der Waals surface area (Å²) in [5.41, 5.74) is 7.19. The molecule has 2 N–H and O–H groups in total. The van der Waals surface area contributed by atoms with Crippen LogP contribution < -0.4 is 5.73 Å². The van der Waals surface area contributed by atoms with E-state index in [1.807, 2.05) is 12.1 Å². The average Bonchev–Trinajstić information content (AvgIpc) is 3.16. The van der Waals surface area contributed by atoms with Crippen LogP contribution in [-0.4, -0.2) is 35.0 Å². The molecule has 0 saturated heterocycles. The van der Waals surface area contributed by atoms with Gasteiger partial charge in [-0.2, -0.15) is 4.98 Å². The highest BCUT2D eigenvalue weighted by molar-refractivity contribution is 5.94. The molecule has 0 aliphatic heterocycles. The van der Waals surface area contributed by atoms with Gasteiger partial charge in [0, 0.05) is 25.2 Å². The third-order valence-corrected chi connectivity index (χ3v) is 4.13. The van der Waals surface area contributed by atoms with Crippen molar-refractivity contribution in [3.63, 3.8) is 0 Å². The van der Waals surface area contributed by atoms with Crippen molar-refractivity contribution in [3.05, 3.63) is 35.7 Å². The van der Waals surface area contributed by atoms with Crippen LogP contribution in [0.1, 0.15) is 41.9 Å². The summed E-state index contributed by atoms with van der Waals surface area (Å²) >= 11 is 0. The number of carbonyl (C=O) groups is 1. The van der Waals surface area contributed by atoms with Crippen molar-refractivity contribution < 1.29 is 9.32 Å². The molecule has 1 aliphatic rings. The summed E-state index contributed by atoms with van der Waals surface area (Å²) in [7, 11) is 3.44. The maximum absolute atomic E-state index is 12.0. The maximum atomic E-state index is 12.0. The molecular weight excluding hydrogens is 280 g/mol. The lowest BCUT2D eigenvalue weighted by Gasteiger charge is -2.17. The van der Waals surface area contributed by atoms with E-state index in [1.165, 1.54) is 4.90 Å². The molecule has 0 radical (unpaired) electrons. The Morgan fingerprint density at radius 1 is 1.32 bits per heavy atom. The largest absolute Gasteiger partial charge is 0.345 e. The van der Waals surface area contributed by atoms with E-state index in [1.54, 1.807) is 26.2 Å². The van der Waals surface area contributed by atoms with Crippen molar-refractivity contribution in [2.75, 3.05) is 14.1 Å². The van der Waals surface area contributed by atoms with E-state index < -0.39 is 5.54 Å². The molecule has 6 nitrogen and oxygen atoms in total. The number of hydrogen-bond donors (Lipinski definition) is 1. The number of hydrogen-bond acceptors (Lipinski definition) is 5. The molecule has 116 valence electrons. The fourth-order valence-corrected chi connectivity index (χ4v) is 2.82. The normalized spacial score (nSPS) is 16.7. The number of nitrogens with zero attached hydrogens (tertiary/aromatic N) is 3. The highest BCUT2D eigenvalue weighted by atomic mass is 16.5. The second kappa shape index (κ2) is 5.53. The predicted molar refractivity (Wildman–Crippen MR) is 82.1 cm³/mol. The molecule has 1 fully saturated rings. The Kier molecular flexibility index (Phi) is 3.70. The van der Waals surface area contributed by atoms with Crippen LogP contribution in [0.2, 0.25) is 0 Å². The zero-order valence-electron chi connectivity index (χ0n) is 12.9. The first-order chi connectivity index (χ1) is 10.5. The van der Waals surface area contributed by atoms with Gasteiger partial charge < -0.3 is 15.2 Å². The second-order valence-electron chi connectivity index (χ2n) is 6.07. The summed E-state index contributed by atoms with van der Waals surface area (Å²) in [6.07, 6.45) is 3.94. The van der Waals surface area contributed by atoms with E-state index in [2.05, 4.69) is 10.1 Å². The van der Waals surface area contributed by atoms with Gasteiger partial charge >= 0.3 is 0 Å². The molecule has 0 spiro atoms. The van der Waals surface area contributed by atoms with Crippen molar-refractivity contribution in [2.45, 2.75) is 31.2 Å². The first kappa shape index (κ1) is 14.7. The van der Waals surface area contributed by atoms with E-state index in [9.17, 15) is 4.79 Å². The molecule has 0 unspecified atom stereocenters. The molecule has 1 aromatic carbocycles. The molecule has 0 atom stereocenters. The van der Waals surface area contributed by atoms with Crippen molar-refractivity contribution in [3.8, 4) is 11.5 Å². The van der Waals surface area contributed by atoms with Gasteiger partial charge in [-0.15, -0.1) is 0 Å².